The van der Waals surface area contributed by atoms with Crippen molar-refractivity contribution in [1.82, 2.24) is 9.97 Å². The van der Waals surface area contributed by atoms with E-state index < -0.39 is 5.97 Å². The highest BCUT2D eigenvalue weighted by molar-refractivity contribution is 5.71. The summed E-state index contributed by atoms with van der Waals surface area (Å²) in [5.74, 6) is -0.00869. The average Bonchev–Trinajstić information content (AvgIpc) is 2.39. The fraction of sp³-hybridized carbons (Fsp3) is 0.583. The van der Waals surface area contributed by atoms with E-state index in [-0.39, 0.29) is 5.92 Å². The Morgan fingerprint density at radius 1 is 1.67 bits per heavy atom. The van der Waals surface area contributed by atoms with E-state index in [1.807, 2.05) is 11.8 Å². The van der Waals surface area contributed by atoms with Gasteiger partial charge in [-0.3, -0.25) is 4.79 Å². The second kappa shape index (κ2) is 5.66. The number of anilines is 1. The van der Waals surface area contributed by atoms with Crippen molar-refractivity contribution in [2.24, 2.45) is 5.92 Å². The summed E-state index contributed by atoms with van der Waals surface area (Å²) in [4.78, 5) is 21.4. The molecule has 1 aliphatic rings. The molecule has 0 aliphatic carbocycles. The van der Waals surface area contributed by atoms with Gasteiger partial charge in [0, 0.05) is 25.4 Å². The van der Waals surface area contributed by atoms with Crippen LogP contribution in [0.15, 0.2) is 12.3 Å². The molecule has 1 unspecified atom stereocenters. The number of hydrogen-bond donors (Lipinski definition) is 1. The lowest BCUT2D eigenvalue weighted by Gasteiger charge is -2.30. The number of hydrogen-bond acceptors (Lipinski definition) is 5. The molecule has 2 heterocycles. The van der Waals surface area contributed by atoms with Crippen molar-refractivity contribution in [3.63, 3.8) is 0 Å². The summed E-state index contributed by atoms with van der Waals surface area (Å²) in [5.41, 5.74) is 0. The molecule has 0 radical (unpaired) electrons. The number of piperidine rings is 1. The number of carbonyl (C=O) groups is 1. The molecule has 0 spiro atoms. The van der Waals surface area contributed by atoms with Gasteiger partial charge in [-0.05, 0) is 19.8 Å². The van der Waals surface area contributed by atoms with Gasteiger partial charge in [-0.1, -0.05) is 0 Å². The van der Waals surface area contributed by atoms with E-state index in [1.165, 1.54) is 0 Å². The summed E-state index contributed by atoms with van der Waals surface area (Å²) in [5, 5.41) is 9.05. The van der Waals surface area contributed by atoms with Crippen molar-refractivity contribution in [2.45, 2.75) is 19.8 Å². The lowest BCUT2D eigenvalue weighted by Crippen LogP contribution is -2.39. The molecule has 6 heteroatoms. The molecule has 18 heavy (non-hydrogen) atoms. The van der Waals surface area contributed by atoms with Gasteiger partial charge in [0.25, 0.3) is 0 Å². The average molecular weight is 251 g/mol. The van der Waals surface area contributed by atoms with Gasteiger partial charge >= 0.3 is 5.97 Å². The first-order valence-electron chi connectivity index (χ1n) is 6.14. The number of ether oxygens (including phenoxy) is 1. The number of rotatable bonds is 4. The topological polar surface area (TPSA) is 75.5 Å². The Kier molecular flexibility index (Phi) is 3.96. The zero-order valence-electron chi connectivity index (χ0n) is 10.4. The first kappa shape index (κ1) is 12.6. The Hall–Kier alpha value is -1.85. The van der Waals surface area contributed by atoms with Gasteiger partial charge in [0.15, 0.2) is 0 Å². The first-order valence-corrected chi connectivity index (χ1v) is 6.14. The summed E-state index contributed by atoms with van der Waals surface area (Å²) in [7, 11) is 0. The lowest BCUT2D eigenvalue weighted by atomic mass is 9.99. The minimum atomic E-state index is -0.749. The van der Waals surface area contributed by atoms with Crippen LogP contribution in [0.4, 0.5) is 5.95 Å². The molecule has 1 atom stereocenters. The highest BCUT2D eigenvalue weighted by atomic mass is 16.5. The second-order valence-corrected chi connectivity index (χ2v) is 4.25. The van der Waals surface area contributed by atoms with E-state index in [0.717, 1.165) is 19.4 Å². The fourth-order valence-corrected chi connectivity index (χ4v) is 2.07. The molecule has 1 N–H and O–H groups in total. The van der Waals surface area contributed by atoms with Crippen LogP contribution < -0.4 is 9.64 Å². The number of carboxylic acid groups (broad SMARTS) is 1. The van der Waals surface area contributed by atoms with Crippen molar-refractivity contribution < 1.29 is 14.6 Å². The summed E-state index contributed by atoms with van der Waals surface area (Å²) < 4.78 is 5.32. The normalized spacial score (nSPS) is 19.6. The Morgan fingerprint density at radius 3 is 3.22 bits per heavy atom. The van der Waals surface area contributed by atoms with Crippen molar-refractivity contribution >= 4 is 11.9 Å². The van der Waals surface area contributed by atoms with Crippen LogP contribution in [-0.4, -0.2) is 40.7 Å². The van der Waals surface area contributed by atoms with E-state index in [1.54, 1.807) is 12.3 Å². The molecular formula is C12H17N3O3. The Morgan fingerprint density at radius 2 is 2.50 bits per heavy atom. The Balaban J connectivity index is 2.10. The molecule has 0 saturated carbocycles. The van der Waals surface area contributed by atoms with Gasteiger partial charge in [-0.2, -0.15) is 4.98 Å². The van der Waals surface area contributed by atoms with Crippen LogP contribution in [0.1, 0.15) is 19.8 Å². The second-order valence-electron chi connectivity index (χ2n) is 4.25. The molecule has 1 aromatic rings. The molecule has 0 bridgehead atoms. The van der Waals surface area contributed by atoms with E-state index in [0.29, 0.717) is 25.0 Å². The van der Waals surface area contributed by atoms with Gasteiger partial charge in [0.1, 0.15) is 0 Å². The van der Waals surface area contributed by atoms with Crippen molar-refractivity contribution in [3.05, 3.63) is 12.3 Å². The number of aliphatic carboxylic acids is 1. The molecule has 1 saturated heterocycles. The molecule has 2 rings (SSSR count). The minimum absolute atomic E-state index is 0.335. The van der Waals surface area contributed by atoms with Gasteiger partial charge in [0.05, 0.1) is 12.5 Å². The minimum Gasteiger partial charge on any atom is -0.481 e. The standard InChI is InChI=1S/C12H17N3O3/c1-2-18-10-5-6-13-12(14-10)15-7-3-4-9(8-15)11(16)17/h5-6,9H,2-4,7-8H2,1H3,(H,16,17). The molecule has 1 fully saturated rings. The molecule has 1 aromatic heterocycles. The summed E-state index contributed by atoms with van der Waals surface area (Å²) in [6.45, 7) is 3.70. The summed E-state index contributed by atoms with van der Waals surface area (Å²) in [6.07, 6.45) is 3.20. The van der Waals surface area contributed by atoms with E-state index in [9.17, 15) is 4.79 Å². The predicted octanol–water partition coefficient (Wildman–Crippen LogP) is 1.18. The zero-order chi connectivity index (χ0) is 13.0. The van der Waals surface area contributed by atoms with Crippen LogP contribution in [0.3, 0.4) is 0 Å². The lowest BCUT2D eigenvalue weighted by molar-refractivity contribution is -0.141. The zero-order valence-corrected chi connectivity index (χ0v) is 10.4. The third-order valence-corrected chi connectivity index (χ3v) is 2.96. The smallest absolute Gasteiger partial charge is 0.308 e. The Bertz CT molecular complexity index is 425. The predicted molar refractivity (Wildman–Crippen MR) is 65.8 cm³/mol. The van der Waals surface area contributed by atoms with Crippen LogP contribution in [0, 0.1) is 5.92 Å². The summed E-state index contributed by atoms with van der Waals surface area (Å²) >= 11 is 0. The molecule has 6 nitrogen and oxygen atoms in total. The fourth-order valence-electron chi connectivity index (χ4n) is 2.07. The van der Waals surface area contributed by atoms with Crippen molar-refractivity contribution in [2.75, 3.05) is 24.6 Å². The van der Waals surface area contributed by atoms with Crippen LogP contribution in [0.25, 0.3) is 0 Å². The maximum atomic E-state index is 11.0. The third kappa shape index (κ3) is 2.88. The maximum Gasteiger partial charge on any atom is 0.308 e. The van der Waals surface area contributed by atoms with Gasteiger partial charge in [-0.25, -0.2) is 4.98 Å². The number of nitrogens with zero attached hydrogens (tertiary/aromatic N) is 3. The molecule has 0 amide bonds. The van der Waals surface area contributed by atoms with Crippen LogP contribution in [0.2, 0.25) is 0 Å². The van der Waals surface area contributed by atoms with E-state index in [4.69, 9.17) is 9.84 Å². The quantitative estimate of drug-likeness (QED) is 0.866. The van der Waals surface area contributed by atoms with Gasteiger partial charge < -0.3 is 14.7 Å². The van der Waals surface area contributed by atoms with E-state index in [2.05, 4.69) is 9.97 Å². The van der Waals surface area contributed by atoms with Crippen molar-refractivity contribution in [3.8, 4) is 5.88 Å². The van der Waals surface area contributed by atoms with E-state index >= 15 is 0 Å². The molecule has 1 aliphatic heterocycles. The molecular weight excluding hydrogens is 234 g/mol. The first-order chi connectivity index (χ1) is 8.70. The molecule has 98 valence electrons. The monoisotopic (exact) mass is 251 g/mol. The van der Waals surface area contributed by atoms with Crippen molar-refractivity contribution in [1.29, 1.82) is 0 Å². The highest BCUT2D eigenvalue weighted by Gasteiger charge is 2.26. The maximum absolute atomic E-state index is 11.0. The van der Waals surface area contributed by atoms with Gasteiger partial charge in [0.2, 0.25) is 11.8 Å². The molecule has 0 aromatic carbocycles. The van der Waals surface area contributed by atoms with Crippen LogP contribution in [0.5, 0.6) is 5.88 Å². The SMILES string of the molecule is CCOc1ccnc(N2CCCC(C(=O)O)C2)n1. The highest BCUT2D eigenvalue weighted by Crippen LogP contribution is 2.21. The van der Waals surface area contributed by atoms with Crippen LogP contribution >= 0.6 is 0 Å². The van der Waals surface area contributed by atoms with Crippen LogP contribution in [-0.2, 0) is 4.79 Å². The summed E-state index contributed by atoms with van der Waals surface area (Å²) in [6, 6.07) is 1.70. The number of carboxylic acids is 1. The third-order valence-electron chi connectivity index (χ3n) is 2.96. The Labute approximate surface area is 106 Å². The largest absolute Gasteiger partial charge is 0.481 e. The number of aromatic nitrogens is 2. The van der Waals surface area contributed by atoms with Gasteiger partial charge in [-0.15, -0.1) is 0 Å².